The number of anilines is 1. The molecule has 17 heavy (non-hydrogen) atoms. The molecule has 0 spiro atoms. The van der Waals surface area contributed by atoms with E-state index >= 15 is 0 Å². The molecule has 86 valence electrons. The van der Waals surface area contributed by atoms with Gasteiger partial charge < -0.3 is 10.3 Å². The standard InChI is InChI=1S/C12H9FN2O2/c13-8-3-5-9(6-4-8)15-12(17)11(16)10-2-1-7-14-10/h1-7,14H,(H,15,17). The Morgan fingerprint density at radius 2 is 1.82 bits per heavy atom. The quantitative estimate of drug-likeness (QED) is 0.627. The van der Waals surface area contributed by atoms with Crippen LogP contribution in [0, 0.1) is 5.82 Å². The highest BCUT2D eigenvalue weighted by Gasteiger charge is 2.16. The van der Waals surface area contributed by atoms with Crippen molar-refractivity contribution in [3.05, 3.63) is 54.1 Å². The van der Waals surface area contributed by atoms with Gasteiger partial charge in [-0.05, 0) is 36.4 Å². The molecular weight excluding hydrogens is 223 g/mol. The highest BCUT2D eigenvalue weighted by Crippen LogP contribution is 2.09. The van der Waals surface area contributed by atoms with Gasteiger partial charge in [-0.25, -0.2) is 4.39 Å². The van der Waals surface area contributed by atoms with Gasteiger partial charge in [-0.3, -0.25) is 9.59 Å². The largest absolute Gasteiger partial charge is 0.358 e. The average Bonchev–Trinajstić information content (AvgIpc) is 2.84. The van der Waals surface area contributed by atoms with Gasteiger partial charge in [0.2, 0.25) is 0 Å². The second-order valence-electron chi connectivity index (χ2n) is 3.37. The van der Waals surface area contributed by atoms with E-state index in [0.717, 1.165) is 0 Å². The third-order valence-corrected chi connectivity index (χ3v) is 2.15. The van der Waals surface area contributed by atoms with Gasteiger partial charge in [0.1, 0.15) is 5.82 Å². The zero-order chi connectivity index (χ0) is 12.3. The molecule has 2 rings (SSSR count). The normalized spacial score (nSPS) is 9.94. The van der Waals surface area contributed by atoms with E-state index in [1.807, 2.05) is 0 Å². The number of H-pyrrole nitrogens is 1. The summed E-state index contributed by atoms with van der Waals surface area (Å²) < 4.78 is 12.6. The van der Waals surface area contributed by atoms with Crippen molar-refractivity contribution in [2.45, 2.75) is 0 Å². The fourth-order valence-corrected chi connectivity index (χ4v) is 1.31. The summed E-state index contributed by atoms with van der Waals surface area (Å²) in [5, 5.41) is 2.38. The number of aromatic nitrogens is 1. The van der Waals surface area contributed by atoms with Crippen LogP contribution in [0.2, 0.25) is 0 Å². The van der Waals surface area contributed by atoms with Crippen LogP contribution in [0.1, 0.15) is 10.5 Å². The van der Waals surface area contributed by atoms with E-state index in [1.54, 1.807) is 12.3 Å². The summed E-state index contributed by atoms with van der Waals surface area (Å²) in [5.41, 5.74) is 0.584. The number of benzene rings is 1. The van der Waals surface area contributed by atoms with Crippen LogP contribution < -0.4 is 5.32 Å². The summed E-state index contributed by atoms with van der Waals surface area (Å²) in [7, 11) is 0. The first-order valence-corrected chi connectivity index (χ1v) is 4.91. The van der Waals surface area contributed by atoms with Gasteiger partial charge in [-0.2, -0.15) is 0 Å². The van der Waals surface area contributed by atoms with Crippen molar-refractivity contribution in [1.29, 1.82) is 0 Å². The maximum Gasteiger partial charge on any atom is 0.298 e. The molecule has 0 bridgehead atoms. The van der Waals surface area contributed by atoms with Gasteiger partial charge in [0.25, 0.3) is 11.7 Å². The van der Waals surface area contributed by atoms with Crippen molar-refractivity contribution in [2.24, 2.45) is 0 Å². The van der Waals surface area contributed by atoms with Gasteiger partial charge in [0.15, 0.2) is 0 Å². The number of hydrogen-bond acceptors (Lipinski definition) is 2. The predicted molar refractivity (Wildman–Crippen MR) is 60.2 cm³/mol. The van der Waals surface area contributed by atoms with Crippen LogP contribution in [0.4, 0.5) is 10.1 Å². The molecule has 2 aromatic rings. The van der Waals surface area contributed by atoms with E-state index in [4.69, 9.17) is 0 Å². The van der Waals surface area contributed by atoms with Crippen molar-refractivity contribution in [1.82, 2.24) is 4.98 Å². The van der Waals surface area contributed by atoms with E-state index in [-0.39, 0.29) is 5.69 Å². The summed E-state index contributed by atoms with van der Waals surface area (Å²) in [6.07, 6.45) is 1.55. The van der Waals surface area contributed by atoms with Crippen LogP contribution in [0.5, 0.6) is 0 Å². The van der Waals surface area contributed by atoms with E-state index in [1.165, 1.54) is 30.3 Å². The van der Waals surface area contributed by atoms with Gasteiger partial charge in [-0.1, -0.05) is 0 Å². The minimum atomic E-state index is -0.765. The number of carbonyl (C=O) groups is 2. The van der Waals surface area contributed by atoms with Crippen molar-refractivity contribution in [3.8, 4) is 0 Å². The lowest BCUT2D eigenvalue weighted by molar-refractivity contribution is -0.112. The summed E-state index contributed by atoms with van der Waals surface area (Å²) in [6.45, 7) is 0. The Hall–Kier alpha value is -2.43. The van der Waals surface area contributed by atoms with Crippen LogP contribution in [0.25, 0.3) is 0 Å². The third kappa shape index (κ3) is 2.57. The first-order chi connectivity index (χ1) is 8.16. The maximum atomic E-state index is 12.6. The molecule has 5 heteroatoms. The Labute approximate surface area is 96.5 Å². The lowest BCUT2D eigenvalue weighted by Gasteiger charge is -2.02. The number of carbonyl (C=O) groups excluding carboxylic acids is 2. The molecular formula is C12H9FN2O2. The number of halogens is 1. The molecule has 2 N–H and O–H groups in total. The third-order valence-electron chi connectivity index (χ3n) is 2.15. The zero-order valence-electron chi connectivity index (χ0n) is 8.74. The number of rotatable bonds is 3. The molecule has 1 aromatic heterocycles. The first-order valence-electron chi connectivity index (χ1n) is 4.91. The minimum Gasteiger partial charge on any atom is -0.358 e. The second kappa shape index (κ2) is 4.61. The van der Waals surface area contributed by atoms with Crippen LogP contribution >= 0.6 is 0 Å². The lowest BCUT2D eigenvalue weighted by Crippen LogP contribution is -2.23. The Morgan fingerprint density at radius 3 is 2.41 bits per heavy atom. The van der Waals surface area contributed by atoms with Crippen LogP contribution in [0.15, 0.2) is 42.6 Å². The van der Waals surface area contributed by atoms with Crippen LogP contribution in [-0.2, 0) is 4.79 Å². The van der Waals surface area contributed by atoms with Gasteiger partial charge in [-0.15, -0.1) is 0 Å². The SMILES string of the molecule is O=C(Nc1ccc(F)cc1)C(=O)c1ccc[nH]1. The van der Waals surface area contributed by atoms with Gasteiger partial charge >= 0.3 is 0 Å². The molecule has 1 heterocycles. The molecule has 4 nitrogen and oxygen atoms in total. The maximum absolute atomic E-state index is 12.6. The molecule has 0 aliphatic rings. The van der Waals surface area contributed by atoms with E-state index in [0.29, 0.717) is 5.69 Å². The smallest absolute Gasteiger partial charge is 0.298 e. The lowest BCUT2D eigenvalue weighted by atomic mass is 10.2. The summed E-state index contributed by atoms with van der Waals surface area (Å²) in [6, 6.07) is 8.30. The molecule has 1 amide bonds. The number of amides is 1. The second-order valence-corrected chi connectivity index (χ2v) is 3.37. The highest BCUT2D eigenvalue weighted by molar-refractivity contribution is 6.46. The molecule has 0 saturated carbocycles. The molecule has 1 aromatic carbocycles. The highest BCUT2D eigenvalue weighted by atomic mass is 19.1. The number of ketones is 1. The molecule has 0 fully saturated rings. The van der Waals surface area contributed by atoms with Crippen molar-refractivity contribution >= 4 is 17.4 Å². The topological polar surface area (TPSA) is 62.0 Å². The Kier molecular flexibility index (Phi) is 3.00. The fourth-order valence-electron chi connectivity index (χ4n) is 1.31. The summed E-state index contributed by atoms with van der Waals surface area (Å²) in [4.78, 5) is 25.7. The van der Waals surface area contributed by atoms with Crippen molar-refractivity contribution < 1.29 is 14.0 Å². The molecule has 0 aliphatic heterocycles. The molecule has 0 radical (unpaired) electrons. The van der Waals surface area contributed by atoms with Crippen LogP contribution in [0.3, 0.4) is 0 Å². The average molecular weight is 232 g/mol. The number of hydrogen-bond donors (Lipinski definition) is 2. The Morgan fingerprint density at radius 1 is 1.12 bits per heavy atom. The molecule has 0 saturated heterocycles. The number of Topliss-reactive ketones (excluding diaryl/α,β-unsaturated/α-hetero) is 1. The minimum absolute atomic E-state index is 0.213. The fraction of sp³-hybridized carbons (Fsp3) is 0. The zero-order valence-corrected chi connectivity index (χ0v) is 8.74. The molecule has 0 aliphatic carbocycles. The summed E-state index contributed by atoms with van der Waals surface area (Å²) in [5.74, 6) is -1.84. The van der Waals surface area contributed by atoms with Crippen LogP contribution in [-0.4, -0.2) is 16.7 Å². The first kappa shape index (κ1) is 11.1. The molecule has 0 atom stereocenters. The van der Waals surface area contributed by atoms with Gasteiger partial charge in [0, 0.05) is 11.9 Å². The molecule has 0 unspecified atom stereocenters. The predicted octanol–water partition coefficient (Wildman–Crippen LogP) is 1.98. The van der Waals surface area contributed by atoms with Gasteiger partial charge in [0.05, 0.1) is 5.69 Å². The Balaban J connectivity index is 2.07. The van der Waals surface area contributed by atoms with Crippen molar-refractivity contribution in [2.75, 3.05) is 5.32 Å². The number of aromatic amines is 1. The van der Waals surface area contributed by atoms with Crippen molar-refractivity contribution in [3.63, 3.8) is 0 Å². The van der Waals surface area contributed by atoms with E-state index in [2.05, 4.69) is 10.3 Å². The number of nitrogens with one attached hydrogen (secondary N) is 2. The monoisotopic (exact) mass is 232 g/mol. The Bertz CT molecular complexity index is 532. The summed E-state index contributed by atoms with van der Waals surface area (Å²) >= 11 is 0. The van der Waals surface area contributed by atoms with E-state index < -0.39 is 17.5 Å². The van der Waals surface area contributed by atoms with E-state index in [9.17, 15) is 14.0 Å².